The lowest BCUT2D eigenvalue weighted by atomic mass is 9.90. The molecule has 0 unspecified atom stereocenters. The Kier molecular flexibility index (Phi) is 1.63. The number of nitrogens with zero attached hydrogens (tertiary/aromatic N) is 1. The Hall–Kier alpha value is -1.31. The first kappa shape index (κ1) is 8.04. The molecule has 0 aromatic rings. The summed E-state index contributed by atoms with van der Waals surface area (Å²) in [6, 6.07) is 0. The van der Waals surface area contributed by atoms with Crippen LogP contribution in [0.25, 0.3) is 0 Å². The summed E-state index contributed by atoms with van der Waals surface area (Å²) < 4.78 is 0. The predicted molar refractivity (Wildman–Crippen MR) is 57.9 cm³/mol. The molecule has 1 N–H and O–H groups in total. The van der Waals surface area contributed by atoms with Crippen molar-refractivity contribution < 1.29 is 0 Å². The maximum atomic E-state index is 4.41. The minimum absolute atomic E-state index is 1.04. The molecule has 1 aliphatic heterocycles. The first-order chi connectivity index (χ1) is 6.86. The molecule has 0 saturated heterocycles. The second-order valence-electron chi connectivity index (χ2n) is 4.17. The summed E-state index contributed by atoms with van der Waals surface area (Å²) in [4.78, 5) is 4.41. The topological polar surface area (TPSA) is 24.4 Å². The van der Waals surface area contributed by atoms with Crippen molar-refractivity contribution >= 4 is 6.34 Å². The van der Waals surface area contributed by atoms with E-state index in [-0.39, 0.29) is 0 Å². The van der Waals surface area contributed by atoms with Crippen molar-refractivity contribution in [3.8, 4) is 0 Å². The van der Waals surface area contributed by atoms with E-state index in [2.05, 4.69) is 16.9 Å². The molecule has 0 bridgehead atoms. The Morgan fingerprint density at radius 3 is 3.07 bits per heavy atom. The lowest BCUT2D eigenvalue weighted by molar-refractivity contribution is 0.676. The standard InChI is InChI=1S/C12H14N2/c1-8-12-10-5-3-2-4-9(10)6-11(12)14-7-13-8/h7H,1-6H2,(H,13,14). The second kappa shape index (κ2) is 2.84. The van der Waals surface area contributed by atoms with Gasteiger partial charge in [0.05, 0.1) is 12.0 Å². The number of hydrogen-bond donors (Lipinski definition) is 1. The Morgan fingerprint density at radius 1 is 1.29 bits per heavy atom. The summed E-state index contributed by atoms with van der Waals surface area (Å²) in [6.07, 6.45) is 8.01. The minimum atomic E-state index is 1.04. The van der Waals surface area contributed by atoms with E-state index < -0.39 is 0 Å². The van der Waals surface area contributed by atoms with Crippen LogP contribution in [0.1, 0.15) is 32.1 Å². The van der Waals surface area contributed by atoms with Crippen LogP contribution in [-0.4, -0.2) is 6.34 Å². The average molecular weight is 186 g/mol. The van der Waals surface area contributed by atoms with E-state index in [9.17, 15) is 0 Å². The maximum Gasteiger partial charge on any atom is 0.0926 e. The highest BCUT2D eigenvalue weighted by Crippen LogP contribution is 2.43. The lowest BCUT2D eigenvalue weighted by Crippen LogP contribution is -2.16. The minimum Gasteiger partial charge on any atom is -0.346 e. The number of aliphatic imine (C=N–C) groups is 1. The highest BCUT2D eigenvalue weighted by atomic mass is 15.0. The van der Waals surface area contributed by atoms with E-state index >= 15 is 0 Å². The SMILES string of the molecule is C=C1NC=NC2=C1C1=C(CCCC1)C2. The second-order valence-corrected chi connectivity index (χ2v) is 4.17. The molecule has 0 aromatic heterocycles. The quantitative estimate of drug-likeness (QED) is 0.618. The van der Waals surface area contributed by atoms with Crippen molar-refractivity contribution in [3.63, 3.8) is 0 Å². The van der Waals surface area contributed by atoms with Crippen molar-refractivity contribution in [3.05, 3.63) is 34.7 Å². The Labute approximate surface area is 84.1 Å². The van der Waals surface area contributed by atoms with Crippen LogP contribution in [0.5, 0.6) is 0 Å². The highest BCUT2D eigenvalue weighted by molar-refractivity contribution is 5.70. The van der Waals surface area contributed by atoms with Gasteiger partial charge in [-0.05, 0) is 31.3 Å². The summed E-state index contributed by atoms with van der Waals surface area (Å²) in [6.45, 7) is 4.05. The van der Waals surface area contributed by atoms with Crippen LogP contribution in [0, 0.1) is 0 Å². The fourth-order valence-electron chi connectivity index (χ4n) is 2.66. The van der Waals surface area contributed by atoms with E-state index in [4.69, 9.17) is 0 Å². The van der Waals surface area contributed by atoms with Crippen molar-refractivity contribution in [2.75, 3.05) is 0 Å². The zero-order valence-electron chi connectivity index (χ0n) is 8.27. The largest absolute Gasteiger partial charge is 0.346 e. The van der Waals surface area contributed by atoms with Gasteiger partial charge in [0.15, 0.2) is 0 Å². The molecule has 0 radical (unpaired) electrons. The maximum absolute atomic E-state index is 4.41. The van der Waals surface area contributed by atoms with Gasteiger partial charge in [-0.3, -0.25) is 0 Å². The van der Waals surface area contributed by atoms with Crippen LogP contribution in [0.3, 0.4) is 0 Å². The van der Waals surface area contributed by atoms with Crippen LogP contribution >= 0.6 is 0 Å². The van der Waals surface area contributed by atoms with Crippen molar-refractivity contribution in [1.29, 1.82) is 0 Å². The summed E-state index contributed by atoms with van der Waals surface area (Å²) >= 11 is 0. The van der Waals surface area contributed by atoms with Gasteiger partial charge in [-0.15, -0.1) is 0 Å². The first-order valence-corrected chi connectivity index (χ1v) is 5.29. The lowest BCUT2D eigenvalue weighted by Gasteiger charge is -2.18. The molecule has 2 nitrogen and oxygen atoms in total. The number of hydrogen-bond acceptors (Lipinski definition) is 2. The molecule has 14 heavy (non-hydrogen) atoms. The third kappa shape index (κ3) is 0.999. The van der Waals surface area contributed by atoms with Crippen molar-refractivity contribution in [2.24, 2.45) is 4.99 Å². The normalized spacial score (nSPS) is 25.0. The van der Waals surface area contributed by atoms with Gasteiger partial charge < -0.3 is 5.32 Å². The van der Waals surface area contributed by atoms with E-state index in [1.54, 1.807) is 17.5 Å². The van der Waals surface area contributed by atoms with E-state index in [1.807, 2.05) is 0 Å². The first-order valence-electron chi connectivity index (χ1n) is 5.29. The van der Waals surface area contributed by atoms with E-state index in [0.717, 1.165) is 12.1 Å². The summed E-state index contributed by atoms with van der Waals surface area (Å²) in [5.41, 5.74) is 6.76. The van der Waals surface area contributed by atoms with Crippen LogP contribution in [0.2, 0.25) is 0 Å². The Balaban J connectivity index is 2.07. The summed E-state index contributed by atoms with van der Waals surface area (Å²) in [7, 11) is 0. The Morgan fingerprint density at radius 2 is 2.14 bits per heavy atom. The molecule has 0 fully saturated rings. The van der Waals surface area contributed by atoms with Crippen LogP contribution in [0.4, 0.5) is 0 Å². The fraction of sp³-hybridized carbons (Fsp3) is 0.417. The summed E-state index contributed by atoms with van der Waals surface area (Å²) in [5, 5.41) is 3.11. The molecule has 1 heterocycles. The zero-order valence-corrected chi connectivity index (χ0v) is 8.27. The predicted octanol–water partition coefficient (Wildman–Crippen LogP) is 2.66. The van der Waals surface area contributed by atoms with Gasteiger partial charge in [0.25, 0.3) is 0 Å². The number of nitrogens with one attached hydrogen (secondary N) is 1. The Bertz CT molecular complexity index is 397. The smallest absolute Gasteiger partial charge is 0.0926 e. The summed E-state index contributed by atoms with van der Waals surface area (Å²) in [5.74, 6) is 0. The van der Waals surface area contributed by atoms with Crippen LogP contribution < -0.4 is 5.32 Å². The number of allylic oxidation sites excluding steroid dienone is 2. The van der Waals surface area contributed by atoms with E-state index in [1.165, 1.54) is 37.0 Å². The highest BCUT2D eigenvalue weighted by Gasteiger charge is 2.28. The van der Waals surface area contributed by atoms with Gasteiger partial charge in [0, 0.05) is 17.7 Å². The average Bonchev–Trinajstić information content (AvgIpc) is 2.57. The van der Waals surface area contributed by atoms with Gasteiger partial charge in [-0.1, -0.05) is 12.2 Å². The monoisotopic (exact) mass is 186 g/mol. The number of rotatable bonds is 0. The van der Waals surface area contributed by atoms with Crippen molar-refractivity contribution in [1.82, 2.24) is 5.32 Å². The van der Waals surface area contributed by atoms with Gasteiger partial charge in [-0.25, -0.2) is 4.99 Å². The molecule has 0 spiro atoms. The van der Waals surface area contributed by atoms with Gasteiger partial charge in [0.2, 0.25) is 0 Å². The molecule has 3 rings (SSSR count). The molecule has 3 aliphatic rings. The molecule has 0 aromatic carbocycles. The third-order valence-electron chi connectivity index (χ3n) is 3.31. The molecular weight excluding hydrogens is 172 g/mol. The molecule has 2 aliphatic carbocycles. The third-order valence-corrected chi connectivity index (χ3v) is 3.31. The fourth-order valence-corrected chi connectivity index (χ4v) is 2.66. The molecular formula is C12H14N2. The van der Waals surface area contributed by atoms with Gasteiger partial charge in [0.1, 0.15) is 0 Å². The molecule has 0 atom stereocenters. The van der Waals surface area contributed by atoms with Gasteiger partial charge in [-0.2, -0.15) is 0 Å². The molecule has 2 heteroatoms. The van der Waals surface area contributed by atoms with E-state index in [0.29, 0.717) is 0 Å². The van der Waals surface area contributed by atoms with Crippen LogP contribution in [0.15, 0.2) is 39.7 Å². The molecule has 0 saturated carbocycles. The molecule has 72 valence electrons. The van der Waals surface area contributed by atoms with Crippen LogP contribution in [-0.2, 0) is 0 Å². The molecule has 0 amide bonds. The van der Waals surface area contributed by atoms with Gasteiger partial charge >= 0.3 is 0 Å². The zero-order chi connectivity index (χ0) is 9.54. The number of fused-ring (bicyclic) bond motifs is 1. The van der Waals surface area contributed by atoms with Crippen molar-refractivity contribution in [2.45, 2.75) is 32.1 Å².